The Hall–Kier alpha value is -1.13. The first kappa shape index (κ1) is 14.3. The van der Waals surface area contributed by atoms with Gasteiger partial charge >= 0.3 is 0 Å². The second kappa shape index (κ2) is 5.47. The average Bonchev–Trinajstić information content (AvgIpc) is 2.38. The Labute approximate surface area is 120 Å². The molecule has 0 amide bonds. The van der Waals surface area contributed by atoms with E-state index >= 15 is 0 Å². The summed E-state index contributed by atoms with van der Waals surface area (Å²) >= 11 is 4.95. The minimum absolute atomic E-state index is 0.165. The largest absolute Gasteiger partial charge is 0.389 e. The number of hydrogen-bond acceptors (Lipinski definition) is 3. The Morgan fingerprint density at radius 2 is 2.05 bits per heavy atom. The first-order valence-corrected chi connectivity index (χ1v) is 7.14. The average molecular weight is 278 g/mol. The molecule has 1 aliphatic rings. The molecule has 104 valence electrons. The SMILES string of the molecule is CCOC1CC(Nc2ccc(C(N)=S)cc2)C1(C)C. The lowest BCUT2D eigenvalue weighted by Gasteiger charge is -2.52. The molecular formula is C15H22N2OS. The number of rotatable bonds is 5. The second-order valence-corrected chi connectivity index (χ2v) is 6.08. The van der Waals surface area contributed by atoms with Crippen molar-refractivity contribution < 1.29 is 4.74 Å². The summed E-state index contributed by atoms with van der Waals surface area (Å²) in [5, 5.41) is 3.56. The van der Waals surface area contributed by atoms with Gasteiger partial charge in [-0.05, 0) is 37.6 Å². The maximum atomic E-state index is 5.74. The van der Waals surface area contributed by atoms with Gasteiger partial charge in [0.25, 0.3) is 0 Å². The Balaban J connectivity index is 1.97. The fourth-order valence-electron chi connectivity index (χ4n) is 2.55. The number of ether oxygens (including phenoxy) is 1. The number of benzene rings is 1. The van der Waals surface area contributed by atoms with Crippen LogP contribution in [-0.4, -0.2) is 23.7 Å². The lowest BCUT2D eigenvalue weighted by Crippen LogP contribution is -2.58. The summed E-state index contributed by atoms with van der Waals surface area (Å²) in [4.78, 5) is 0.437. The van der Waals surface area contributed by atoms with Crippen LogP contribution in [0.25, 0.3) is 0 Å². The molecule has 0 heterocycles. The predicted octanol–water partition coefficient (Wildman–Crippen LogP) is 2.94. The van der Waals surface area contributed by atoms with E-state index in [-0.39, 0.29) is 5.41 Å². The topological polar surface area (TPSA) is 47.3 Å². The maximum absolute atomic E-state index is 5.74. The van der Waals surface area contributed by atoms with Crippen LogP contribution in [0.1, 0.15) is 32.8 Å². The van der Waals surface area contributed by atoms with E-state index in [2.05, 4.69) is 19.2 Å². The molecule has 2 unspecified atom stereocenters. The summed E-state index contributed by atoms with van der Waals surface area (Å²) in [6, 6.07) is 8.41. The van der Waals surface area contributed by atoms with Crippen LogP contribution < -0.4 is 11.1 Å². The van der Waals surface area contributed by atoms with Crippen molar-refractivity contribution in [2.75, 3.05) is 11.9 Å². The van der Waals surface area contributed by atoms with Crippen LogP contribution in [0, 0.1) is 5.41 Å². The molecule has 1 aromatic carbocycles. The highest BCUT2D eigenvalue weighted by molar-refractivity contribution is 7.80. The van der Waals surface area contributed by atoms with Crippen LogP contribution in [0.15, 0.2) is 24.3 Å². The number of hydrogen-bond donors (Lipinski definition) is 2. The molecule has 2 rings (SSSR count). The highest BCUT2D eigenvalue weighted by Gasteiger charge is 2.48. The normalized spacial score (nSPS) is 24.6. The van der Waals surface area contributed by atoms with Crippen LogP contribution in [0.3, 0.4) is 0 Å². The van der Waals surface area contributed by atoms with E-state index in [9.17, 15) is 0 Å². The summed E-state index contributed by atoms with van der Waals surface area (Å²) in [6.45, 7) is 7.32. The fraction of sp³-hybridized carbons (Fsp3) is 0.533. The molecule has 3 N–H and O–H groups in total. The molecule has 0 bridgehead atoms. The van der Waals surface area contributed by atoms with E-state index in [0.717, 1.165) is 24.3 Å². The second-order valence-electron chi connectivity index (χ2n) is 5.64. The Morgan fingerprint density at radius 3 is 2.53 bits per heavy atom. The molecule has 0 aromatic heterocycles. The zero-order chi connectivity index (χ0) is 14.0. The van der Waals surface area contributed by atoms with Crippen LogP contribution in [0.2, 0.25) is 0 Å². The van der Waals surface area contributed by atoms with Gasteiger partial charge in [0.05, 0.1) is 6.10 Å². The van der Waals surface area contributed by atoms with E-state index < -0.39 is 0 Å². The zero-order valence-electron chi connectivity index (χ0n) is 11.8. The molecule has 0 saturated heterocycles. The third-order valence-corrected chi connectivity index (χ3v) is 4.29. The summed E-state index contributed by atoms with van der Waals surface area (Å²) in [5.74, 6) is 0. The zero-order valence-corrected chi connectivity index (χ0v) is 12.6. The molecular weight excluding hydrogens is 256 g/mol. The lowest BCUT2D eigenvalue weighted by molar-refractivity contribution is -0.0975. The molecule has 1 aliphatic carbocycles. The Kier molecular flexibility index (Phi) is 4.11. The van der Waals surface area contributed by atoms with E-state index in [1.165, 1.54) is 0 Å². The number of thiocarbonyl (C=S) groups is 1. The highest BCUT2D eigenvalue weighted by atomic mass is 32.1. The van der Waals surface area contributed by atoms with Crippen molar-refractivity contribution >= 4 is 22.9 Å². The Bertz CT molecular complexity index is 456. The first-order chi connectivity index (χ1) is 8.95. The minimum Gasteiger partial charge on any atom is -0.389 e. The molecule has 3 nitrogen and oxygen atoms in total. The van der Waals surface area contributed by atoms with Crippen molar-refractivity contribution in [2.24, 2.45) is 11.1 Å². The van der Waals surface area contributed by atoms with Crippen LogP contribution in [0.4, 0.5) is 5.69 Å². The molecule has 2 atom stereocenters. The van der Waals surface area contributed by atoms with Gasteiger partial charge in [0, 0.05) is 29.3 Å². The van der Waals surface area contributed by atoms with Crippen molar-refractivity contribution in [1.82, 2.24) is 0 Å². The minimum atomic E-state index is 0.165. The number of anilines is 1. The van der Waals surface area contributed by atoms with E-state index in [4.69, 9.17) is 22.7 Å². The fourth-order valence-corrected chi connectivity index (χ4v) is 2.68. The number of nitrogens with one attached hydrogen (secondary N) is 1. The van der Waals surface area contributed by atoms with Gasteiger partial charge < -0.3 is 15.8 Å². The first-order valence-electron chi connectivity index (χ1n) is 6.73. The summed E-state index contributed by atoms with van der Waals surface area (Å²) in [5.41, 5.74) is 7.76. The molecule has 0 spiro atoms. The molecule has 1 aromatic rings. The smallest absolute Gasteiger partial charge is 0.103 e. The molecule has 0 aliphatic heterocycles. The quantitative estimate of drug-likeness (QED) is 0.813. The predicted molar refractivity (Wildman–Crippen MR) is 83.6 cm³/mol. The number of nitrogens with two attached hydrogens (primary N) is 1. The van der Waals surface area contributed by atoms with Crippen molar-refractivity contribution in [2.45, 2.75) is 39.3 Å². The summed E-state index contributed by atoms with van der Waals surface area (Å²) < 4.78 is 5.74. The van der Waals surface area contributed by atoms with Crippen LogP contribution in [0.5, 0.6) is 0 Å². The van der Waals surface area contributed by atoms with Crippen molar-refractivity contribution in [1.29, 1.82) is 0 Å². The van der Waals surface area contributed by atoms with Gasteiger partial charge in [-0.3, -0.25) is 0 Å². The molecule has 4 heteroatoms. The van der Waals surface area contributed by atoms with Crippen LogP contribution >= 0.6 is 12.2 Å². The van der Waals surface area contributed by atoms with Gasteiger partial charge in [0.15, 0.2) is 0 Å². The van der Waals surface area contributed by atoms with Gasteiger partial charge in [-0.15, -0.1) is 0 Å². The highest BCUT2D eigenvalue weighted by Crippen LogP contribution is 2.44. The third-order valence-electron chi connectivity index (χ3n) is 4.06. The lowest BCUT2D eigenvalue weighted by atomic mass is 9.64. The van der Waals surface area contributed by atoms with Crippen LogP contribution in [-0.2, 0) is 4.74 Å². The summed E-state index contributed by atoms with van der Waals surface area (Å²) in [7, 11) is 0. The Morgan fingerprint density at radius 1 is 1.42 bits per heavy atom. The molecule has 1 saturated carbocycles. The molecule has 1 fully saturated rings. The van der Waals surface area contributed by atoms with Crippen molar-refractivity contribution in [3.63, 3.8) is 0 Å². The van der Waals surface area contributed by atoms with E-state index in [0.29, 0.717) is 17.1 Å². The van der Waals surface area contributed by atoms with Gasteiger partial charge in [0.2, 0.25) is 0 Å². The molecule has 0 radical (unpaired) electrons. The third kappa shape index (κ3) is 2.90. The van der Waals surface area contributed by atoms with E-state index in [1.807, 2.05) is 31.2 Å². The van der Waals surface area contributed by atoms with Gasteiger partial charge in [-0.25, -0.2) is 0 Å². The standard InChI is InChI=1S/C15H22N2OS/c1-4-18-13-9-12(15(13,2)3)17-11-7-5-10(6-8-11)14(16)19/h5-8,12-13,17H,4,9H2,1-3H3,(H2,16,19). The van der Waals surface area contributed by atoms with E-state index in [1.54, 1.807) is 0 Å². The summed E-state index contributed by atoms with van der Waals surface area (Å²) in [6.07, 6.45) is 1.41. The van der Waals surface area contributed by atoms with Gasteiger partial charge in [0.1, 0.15) is 4.99 Å². The van der Waals surface area contributed by atoms with Crippen molar-refractivity contribution in [3.05, 3.63) is 29.8 Å². The van der Waals surface area contributed by atoms with Crippen molar-refractivity contribution in [3.8, 4) is 0 Å². The van der Waals surface area contributed by atoms with Gasteiger partial charge in [-0.2, -0.15) is 0 Å². The van der Waals surface area contributed by atoms with Gasteiger partial charge in [-0.1, -0.05) is 26.1 Å². The monoisotopic (exact) mass is 278 g/mol. The molecule has 19 heavy (non-hydrogen) atoms. The maximum Gasteiger partial charge on any atom is 0.103 e.